The van der Waals surface area contributed by atoms with Crippen LogP contribution in [0.4, 0.5) is 11.4 Å². The molecule has 0 bridgehead atoms. The van der Waals surface area contributed by atoms with Gasteiger partial charge in [0.2, 0.25) is 0 Å². The average Bonchev–Trinajstić information content (AvgIpc) is 2.54. The molecule has 2 rings (SSSR count). The number of nitro benzene ring substituents is 1. The molecule has 116 valence electrons. The fraction of sp³-hybridized carbons (Fsp3) is 0.0667. The number of rotatable bonds is 5. The molecule has 0 spiro atoms. The molecule has 0 fully saturated rings. The first-order valence-corrected chi connectivity index (χ1v) is 7.16. The zero-order valence-corrected chi connectivity index (χ0v) is 13.2. The summed E-state index contributed by atoms with van der Waals surface area (Å²) in [6.07, 6.45) is 0. The van der Waals surface area contributed by atoms with E-state index in [0.717, 1.165) is 0 Å². The Morgan fingerprint density at radius 1 is 1.35 bits per heavy atom. The molecule has 1 N–H and O–H groups in total. The van der Waals surface area contributed by atoms with Gasteiger partial charge in [0, 0.05) is 16.6 Å². The summed E-state index contributed by atoms with van der Waals surface area (Å²) in [6.45, 7) is -0.290. The number of ether oxygens (including phenoxy) is 1. The van der Waals surface area contributed by atoms with E-state index in [9.17, 15) is 14.9 Å². The number of anilines is 1. The molecule has 2 aromatic rings. The van der Waals surface area contributed by atoms with E-state index in [4.69, 9.17) is 10.00 Å². The summed E-state index contributed by atoms with van der Waals surface area (Å²) in [7, 11) is 0. The first-order valence-electron chi connectivity index (χ1n) is 6.37. The van der Waals surface area contributed by atoms with E-state index in [0.29, 0.717) is 21.5 Å². The van der Waals surface area contributed by atoms with Crippen LogP contribution in [0.2, 0.25) is 0 Å². The molecule has 7 nitrogen and oxygen atoms in total. The number of carbonyl (C=O) groups excluding carboxylic acids is 1. The summed E-state index contributed by atoms with van der Waals surface area (Å²) in [5, 5.41) is 22.2. The lowest BCUT2D eigenvalue weighted by Gasteiger charge is -2.09. The van der Waals surface area contributed by atoms with Gasteiger partial charge in [-0.25, -0.2) is 0 Å². The van der Waals surface area contributed by atoms with Gasteiger partial charge in [0.05, 0.1) is 16.2 Å². The number of nitriles is 1. The maximum absolute atomic E-state index is 11.9. The Balaban J connectivity index is 2.00. The Kier molecular flexibility index (Phi) is 5.28. The van der Waals surface area contributed by atoms with Crippen LogP contribution in [-0.4, -0.2) is 17.4 Å². The quantitative estimate of drug-likeness (QED) is 0.637. The number of amides is 1. The predicted molar refractivity (Wildman–Crippen MR) is 86.1 cm³/mol. The molecule has 0 atom stereocenters. The number of nitrogens with zero attached hydrogens (tertiary/aromatic N) is 2. The molecule has 0 radical (unpaired) electrons. The van der Waals surface area contributed by atoms with Gasteiger partial charge < -0.3 is 10.1 Å². The number of nitro groups is 1. The number of nitrogens with one attached hydrogen (secondary N) is 1. The van der Waals surface area contributed by atoms with E-state index in [1.54, 1.807) is 24.3 Å². The zero-order chi connectivity index (χ0) is 16.8. The van der Waals surface area contributed by atoms with Crippen molar-refractivity contribution in [3.63, 3.8) is 0 Å². The minimum absolute atomic E-state index is 0.0888. The van der Waals surface area contributed by atoms with E-state index in [-0.39, 0.29) is 12.3 Å². The van der Waals surface area contributed by atoms with Crippen LogP contribution in [0.5, 0.6) is 5.75 Å². The Labute approximate surface area is 139 Å². The van der Waals surface area contributed by atoms with Crippen molar-refractivity contribution in [2.24, 2.45) is 0 Å². The lowest BCUT2D eigenvalue weighted by Crippen LogP contribution is -2.20. The second-order valence-electron chi connectivity index (χ2n) is 4.37. The van der Waals surface area contributed by atoms with Crippen molar-refractivity contribution in [3.05, 3.63) is 62.6 Å². The maximum Gasteiger partial charge on any atom is 0.270 e. The minimum atomic E-state index is -0.529. The molecule has 0 aromatic heterocycles. The normalized spacial score (nSPS) is 9.74. The van der Waals surface area contributed by atoms with Crippen LogP contribution in [-0.2, 0) is 4.79 Å². The van der Waals surface area contributed by atoms with Crippen molar-refractivity contribution in [1.82, 2.24) is 0 Å². The molecule has 0 unspecified atom stereocenters. The topological polar surface area (TPSA) is 105 Å². The molecule has 8 heteroatoms. The lowest BCUT2D eigenvalue weighted by atomic mass is 10.2. The number of halogens is 1. The highest BCUT2D eigenvalue weighted by Gasteiger charge is 2.12. The summed E-state index contributed by atoms with van der Waals surface area (Å²) in [6, 6.07) is 12.5. The number of benzene rings is 2. The van der Waals surface area contributed by atoms with Gasteiger partial charge in [-0.1, -0.05) is 12.1 Å². The SMILES string of the molecule is N#Cc1ccccc1OCC(=O)Nc1ccc([N+](=O)[O-])cc1Br. The lowest BCUT2D eigenvalue weighted by molar-refractivity contribution is -0.384. The van der Waals surface area contributed by atoms with Gasteiger partial charge in [-0.3, -0.25) is 14.9 Å². The minimum Gasteiger partial charge on any atom is -0.482 e. The third-order valence-corrected chi connectivity index (χ3v) is 3.46. The van der Waals surface area contributed by atoms with Crippen LogP contribution in [0, 0.1) is 21.4 Å². The molecule has 0 aliphatic heterocycles. The average molecular weight is 376 g/mol. The fourth-order valence-corrected chi connectivity index (χ4v) is 2.20. The smallest absolute Gasteiger partial charge is 0.270 e. The summed E-state index contributed by atoms with van der Waals surface area (Å²) >= 11 is 3.16. The van der Waals surface area contributed by atoms with E-state index >= 15 is 0 Å². The number of non-ortho nitro benzene ring substituents is 1. The van der Waals surface area contributed by atoms with E-state index in [2.05, 4.69) is 21.2 Å². The van der Waals surface area contributed by atoms with Crippen LogP contribution in [0.1, 0.15) is 5.56 Å². The third kappa shape index (κ3) is 4.28. The van der Waals surface area contributed by atoms with Gasteiger partial charge in [-0.2, -0.15) is 5.26 Å². The second kappa shape index (κ2) is 7.38. The number of hydrogen-bond acceptors (Lipinski definition) is 5. The van der Waals surface area contributed by atoms with Crippen LogP contribution >= 0.6 is 15.9 Å². The van der Waals surface area contributed by atoms with E-state index in [1.165, 1.54) is 18.2 Å². The van der Waals surface area contributed by atoms with Gasteiger partial charge in [-0.15, -0.1) is 0 Å². The first-order chi connectivity index (χ1) is 11.0. The van der Waals surface area contributed by atoms with Crippen LogP contribution in [0.15, 0.2) is 46.9 Å². The molecular weight excluding hydrogens is 366 g/mol. The van der Waals surface area contributed by atoms with E-state index < -0.39 is 10.8 Å². The molecule has 0 saturated carbocycles. The van der Waals surface area contributed by atoms with Crippen molar-refractivity contribution in [1.29, 1.82) is 5.26 Å². The molecule has 0 aliphatic rings. The number of hydrogen-bond donors (Lipinski definition) is 1. The van der Waals surface area contributed by atoms with Crippen molar-refractivity contribution >= 4 is 33.2 Å². The van der Waals surface area contributed by atoms with Crippen LogP contribution in [0.3, 0.4) is 0 Å². The predicted octanol–water partition coefficient (Wildman–Crippen LogP) is 3.25. The summed E-state index contributed by atoms with van der Waals surface area (Å²) in [4.78, 5) is 22.0. The monoisotopic (exact) mass is 375 g/mol. The van der Waals surface area contributed by atoms with Crippen LogP contribution < -0.4 is 10.1 Å². The van der Waals surface area contributed by atoms with Gasteiger partial charge in [-0.05, 0) is 34.1 Å². The third-order valence-electron chi connectivity index (χ3n) is 2.80. The van der Waals surface area contributed by atoms with Crippen molar-refractivity contribution in [2.75, 3.05) is 11.9 Å². The zero-order valence-electron chi connectivity index (χ0n) is 11.7. The van der Waals surface area contributed by atoms with E-state index in [1.807, 2.05) is 6.07 Å². The number of carbonyl (C=O) groups is 1. The summed E-state index contributed by atoms with van der Waals surface area (Å²) in [5.74, 6) is -0.139. The Morgan fingerprint density at radius 3 is 2.74 bits per heavy atom. The Morgan fingerprint density at radius 2 is 2.09 bits per heavy atom. The van der Waals surface area contributed by atoms with Crippen molar-refractivity contribution in [3.8, 4) is 11.8 Å². The van der Waals surface area contributed by atoms with Crippen molar-refractivity contribution < 1.29 is 14.5 Å². The maximum atomic E-state index is 11.9. The molecular formula is C15H10BrN3O4. The Bertz CT molecular complexity index is 802. The molecule has 23 heavy (non-hydrogen) atoms. The van der Waals surface area contributed by atoms with Gasteiger partial charge >= 0.3 is 0 Å². The summed E-state index contributed by atoms with van der Waals surface area (Å²) in [5.41, 5.74) is 0.628. The fourth-order valence-electron chi connectivity index (χ4n) is 1.73. The second-order valence-corrected chi connectivity index (χ2v) is 5.22. The van der Waals surface area contributed by atoms with Crippen LogP contribution in [0.25, 0.3) is 0 Å². The largest absolute Gasteiger partial charge is 0.482 e. The molecule has 0 saturated heterocycles. The van der Waals surface area contributed by atoms with Crippen molar-refractivity contribution in [2.45, 2.75) is 0 Å². The Hall–Kier alpha value is -2.92. The highest BCUT2D eigenvalue weighted by atomic mass is 79.9. The number of para-hydroxylation sites is 1. The summed E-state index contributed by atoms with van der Waals surface area (Å²) < 4.78 is 5.69. The van der Waals surface area contributed by atoms with Gasteiger partial charge in [0.25, 0.3) is 11.6 Å². The first kappa shape index (κ1) is 16.5. The standard InChI is InChI=1S/C15H10BrN3O4/c16-12-7-11(19(21)22)5-6-13(12)18-15(20)9-23-14-4-2-1-3-10(14)8-17/h1-7H,9H2,(H,18,20). The molecule has 0 aliphatic carbocycles. The molecule has 1 amide bonds. The highest BCUT2D eigenvalue weighted by molar-refractivity contribution is 9.10. The highest BCUT2D eigenvalue weighted by Crippen LogP contribution is 2.27. The molecule has 2 aromatic carbocycles. The molecule has 0 heterocycles. The van der Waals surface area contributed by atoms with Gasteiger partial charge in [0.15, 0.2) is 6.61 Å². The van der Waals surface area contributed by atoms with Gasteiger partial charge in [0.1, 0.15) is 11.8 Å².